The number of piperidine rings is 1. The van der Waals surface area contributed by atoms with Gasteiger partial charge in [0.15, 0.2) is 0 Å². The molecule has 0 bridgehead atoms. The zero-order valence-corrected chi connectivity index (χ0v) is 7.90. The van der Waals surface area contributed by atoms with Crippen molar-refractivity contribution in [1.29, 1.82) is 0 Å². The first-order valence-electron chi connectivity index (χ1n) is 4.98. The summed E-state index contributed by atoms with van der Waals surface area (Å²) < 4.78 is 0. The Morgan fingerprint density at radius 3 is 2.58 bits per heavy atom. The van der Waals surface area contributed by atoms with Crippen LogP contribution in [0.3, 0.4) is 0 Å². The molecule has 0 atom stereocenters. The lowest BCUT2D eigenvalue weighted by atomic mass is 9.78. The number of hydrogen-bond acceptors (Lipinski definition) is 3. The fraction of sp³-hybridized carbons (Fsp3) is 1.00. The van der Waals surface area contributed by atoms with E-state index in [-0.39, 0.29) is 0 Å². The molecular weight excluding hydrogens is 150 g/mol. The lowest BCUT2D eigenvalue weighted by Crippen LogP contribution is -2.40. The first kappa shape index (κ1) is 8.48. The Bertz CT molecular complexity index is 152. The van der Waals surface area contributed by atoms with Crippen molar-refractivity contribution < 1.29 is 0 Å². The van der Waals surface area contributed by atoms with Crippen LogP contribution in [0.4, 0.5) is 0 Å². The van der Waals surface area contributed by atoms with Gasteiger partial charge < -0.3 is 5.32 Å². The minimum absolute atomic E-state index is 0.647. The van der Waals surface area contributed by atoms with E-state index in [0.29, 0.717) is 5.41 Å². The highest BCUT2D eigenvalue weighted by atomic mass is 15.5. The zero-order chi connectivity index (χ0) is 8.44. The zero-order valence-electron chi connectivity index (χ0n) is 7.90. The quantitative estimate of drug-likeness (QED) is 0.587. The summed E-state index contributed by atoms with van der Waals surface area (Å²) in [6, 6.07) is 0. The summed E-state index contributed by atoms with van der Waals surface area (Å²) in [4.78, 5) is 0. The van der Waals surface area contributed by atoms with Gasteiger partial charge in [-0.1, -0.05) is 0 Å². The summed E-state index contributed by atoms with van der Waals surface area (Å²) in [5.41, 5.74) is 3.90. The fourth-order valence-corrected chi connectivity index (χ4v) is 2.49. The van der Waals surface area contributed by atoms with Crippen molar-refractivity contribution >= 4 is 0 Å². The molecule has 0 aromatic heterocycles. The van der Waals surface area contributed by atoms with Crippen LogP contribution in [-0.2, 0) is 0 Å². The van der Waals surface area contributed by atoms with Crippen molar-refractivity contribution in [3.63, 3.8) is 0 Å². The molecule has 2 aliphatic rings. The van der Waals surface area contributed by atoms with Gasteiger partial charge in [0, 0.05) is 13.1 Å². The van der Waals surface area contributed by atoms with Crippen LogP contribution in [0.1, 0.15) is 19.3 Å². The molecule has 0 radical (unpaired) electrons. The molecule has 2 rings (SSSR count). The van der Waals surface area contributed by atoms with Gasteiger partial charge in [-0.05, 0) is 44.8 Å². The maximum absolute atomic E-state index is 3.43. The van der Waals surface area contributed by atoms with Crippen molar-refractivity contribution in [3.8, 4) is 0 Å². The van der Waals surface area contributed by atoms with E-state index >= 15 is 0 Å². The van der Waals surface area contributed by atoms with Crippen molar-refractivity contribution in [3.05, 3.63) is 0 Å². The van der Waals surface area contributed by atoms with Gasteiger partial charge in [-0.3, -0.25) is 5.43 Å². The van der Waals surface area contributed by atoms with Crippen LogP contribution < -0.4 is 10.7 Å². The number of nitrogens with zero attached hydrogens (tertiary/aromatic N) is 1. The Balaban J connectivity index is 1.94. The fourth-order valence-electron chi connectivity index (χ4n) is 2.49. The van der Waals surface area contributed by atoms with E-state index < -0.39 is 0 Å². The normalized spacial score (nSPS) is 29.8. The molecule has 0 saturated carbocycles. The summed E-state index contributed by atoms with van der Waals surface area (Å²) in [5, 5.41) is 5.78. The van der Waals surface area contributed by atoms with Gasteiger partial charge in [0.05, 0.1) is 0 Å². The summed E-state index contributed by atoms with van der Waals surface area (Å²) in [6.45, 7) is 4.93. The summed E-state index contributed by atoms with van der Waals surface area (Å²) in [5.74, 6) is 0. The Morgan fingerprint density at radius 2 is 2.00 bits per heavy atom. The second-order valence-electron chi connectivity index (χ2n) is 4.15. The van der Waals surface area contributed by atoms with Gasteiger partial charge >= 0.3 is 0 Å². The average molecular weight is 169 g/mol. The van der Waals surface area contributed by atoms with E-state index in [1.165, 1.54) is 45.4 Å². The topological polar surface area (TPSA) is 27.3 Å². The molecule has 3 heteroatoms. The van der Waals surface area contributed by atoms with Crippen LogP contribution in [0, 0.1) is 5.41 Å². The number of hydrazine groups is 1. The monoisotopic (exact) mass is 169 g/mol. The molecule has 12 heavy (non-hydrogen) atoms. The first-order valence-corrected chi connectivity index (χ1v) is 4.98. The van der Waals surface area contributed by atoms with Crippen LogP contribution in [-0.4, -0.2) is 38.2 Å². The van der Waals surface area contributed by atoms with E-state index in [1.807, 2.05) is 7.05 Å². The Morgan fingerprint density at radius 1 is 1.25 bits per heavy atom. The summed E-state index contributed by atoms with van der Waals surface area (Å²) in [6.07, 6.45) is 4.12. The van der Waals surface area contributed by atoms with Crippen molar-refractivity contribution in [2.45, 2.75) is 19.3 Å². The Kier molecular flexibility index (Phi) is 2.35. The molecule has 0 aromatic carbocycles. The molecule has 1 spiro atoms. The van der Waals surface area contributed by atoms with E-state index in [9.17, 15) is 0 Å². The van der Waals surface area contributed by atoms with Gasteiger partial charge in [0.25, 0.3) is 0 Å². The Hall–Kier alpha value is -0.120. The molecule has 2 heterocycles. The molecule has 70 valence electrons. The molecular formula is C9H19N3. The van der Waals surface area contributed by atoms with Gasteiger partial charge in [-0.2, -0.15) is 0 Å². The number of hydrogen-bond donors (Lipinski definition) is 2. The van der Waals surface area contributed by atoms with E-state index in [1.54, 1.807) is 0 Å². The van der Waals surface area contributed by atoms with Crippen LogP contribution in [0.15, 0.2) is 0 Å². The molecule has 2 N–H and O–H groups in total. The van der Waals surface area contributed by atoms with Crippen molar-refractivity contribution in [2.75, 3.05) is 33.2 Å². The smallest absolute Gasteiger partial charge is 0.0188 e. The van der Waals surface area contributed by atoms with Crippen molar-refractivity contribution in [1.82, 2.24) is 15.8 Å². The van der Waals surface area contributed by atoms with Gasteiger partial charge in [0.2, 0.25) is 0 Å². The van der Waals surface area contributed by atoms with Gasteiger partial charge in [0.1, 0.15) is 0 Å². The van der Waals surface area contributed by atoms with Gasteiger partial charge in [-0.25, -0.2) is 5.01 Å². The maximum atomic E-state index is 3.43. The molecule has 3 nitrogen and oxygen atoms in total. The first-order chi connectivity index (χ1) is 5.85. The molecule has 2 saturated heterocycles. The highest BCUT2D eigenvalue weighted by molar-refractivity contribution is 4.91. The van der Waals surface area contributed by atoms with Crippen LogP contribution in [0.25, 0.3) is 0 Å². The number of nitrogens with one attached hydrogen (secondary N) is 2. The van der Waals surface area contributed by atoms with Gasteiger partial charge in [-0.15, -0.1) is 0 Å². The van der Waals surface area contributed by atoms with Crippen LogP contribution in [0.5, 0.6) is 0 Å². The average Bonchev–Trinajstić information content (AvgIpc) is 2.50. The second-order valence-corrected chi connectivity index (χ2v) is 4.15. The molecule has 2 aliphatic heterocycles. The van der Waals surface area contributed by atoms with E-state index in [4.69, 9.17) is 0 Å². The third-order valence-electron chi connectivity index (χ3n) is 3.42. The summed E-state index contributed by atoms with van der Waals surface area (Å²) >= 11 is 0. The van der Waals surface area contributed by atoms with E-state index in [0.717, 1.165) is 0 Å². The highest BCUT2D eigenvalue weighted by Gasteiger charge is 2.38. The second kappa shape index (κ2) is 3.32. The third kappa shape index (κ3) is 1.49. The van der Waals surface area contributed by atoms with Crippen LogP contribution in [0.2, 0.25) is 0 Å². The lowest BCUT2D eigenvalue weighted by molar-refractivity contribution is 0.173. The van der Waals surface area contributed by atoms with E-state index in [2.05, 4.69) is 15.8 Å². The number of rotatable bonds is 1. The minimum Gasteiger partial charge on any atom is -0.317 e. The third-order valence-corrected chi connectivity index (χ3v) is 3.42. The standard InChI is InChI=1S/C9H19N3/c1-10-12-7-4-9(8-12)2-5-11-6-3-9/h10-11H,2-8H2,1H3. The lowest BCUT2D eigenvalue weighted by Gasteiger charge is -2.33. The highest BCUT2D eigenvalue weighted by Crippen LogP contribution is 2.37. The summed E-state index contributed by atoms with van der Waals surface area (Å²) in [7, 11) is 2.03. The molecule has 0 aromatic rings. The maximum Gasteiger partial charge on any atom is 0.0188 e. The van der Waals surface area contributed by atoms with Crippen LogP contribution >= 0.6 is 0 Å². The minimum atomic E-state index is 0.647. The molecule has 0 amide bonds. The Labute approximate surface area is 74.5 Å². The molecule has 2 fully saturated rings. The predicted octanol–water partition coefficient (Wildman–Crippen LogP) is 0.196. The molecule has 0 unspecified atom stereocenters. The van der Waals surface area contributed by atoms with Crippen molar-refractivity contribution in [2.24, 2.45) is 5.41 Å². The largest absolute Gasteiger partial charge is 0.317 e. The predicted molar refractivity (Wildman–Crippen MR) is 49.8 cm³/mol. The molecule has 0 aliphatic carbocycles. The SMILES string of the molecule is CNN1CCC2(CCNCC2)C1.